The highest BCUT2D eigenvalue weighted by Crippen LogP contribution is 2.36. The number of H-pyrrole nitrogens is 2. The normalized spacial score (nSPS) is 18.1. The van der Waals surface area contributed by atoms with E-state index in [1.54, 1.807) is 25.1 Å². The van der Waals surface area contributed by atoms with Gasteiger partial charge in [-0.05, 0) is 78.0 Å². The van der Waals surface area contributed by atoms with Crippen molar-refractivity contribution in [3.63, 3.8) is 0 Å². The summed E-state index contributed by atoms with van der Waals surface area (Å²) in [4.78, 5) is 45.2. The molecular formula is C50H64F2N16O3. The molecule has 0 spiro atoms. The van der Waals surface area contributed by atoms with Crippen LogP contribution in [0, 0.1) is 0 Å². The number of nitrogens with zero attached hydrogens (tertiary/aromatic N) is 9. The van der Waals surface area contributed by atoms with Crippen molar-refractivity contribution in [1.82, 2.24) is 54.9 Å². The molecular weight excluding hydrogens is 911 g/mol. The molecule has 376 valence electrons. The summed E-state index contributed by atoms with van der Waals surface area (Å²) < 4.78 is 28.6. The first-order chi connectivity index (χ1) is 34.4. The number of carbonyl (C=O) groups is 2. The Kier molecular flexibility index (Phi) is 14.3. The van der Waals surface area contributed by atoms with E-state index in [4.69, 9.17) is 5.73 Å². The zero-order valence-corrected chi connectivity index (χ0v) is 40.4. The molecule has 0 radical (unpaired) electrons. The van der Waals surface area contributed by atoms with Crippen molar-refractivity contribution >= 4 is 57.0 Å². The van der Waals surface area contributed by atoms with E-state index >= 15 is 0 Å². The Morgan fingerprint density at radius 3 is 2.11 bits per heavy atom. The van der Waals surface area contributed by atoms with E-state index in [1.807, 2.05) is 4.90 Å². The van der Waals surface area contributed by atoms with Crippen LogP contribution in [0.4, 0.5) is 32.1 Å². The molecule has 6 aromatic rings. The molecule has 71 heavy (non-hydrogen) atoms. The van der Waals surface area contributed by atoms with Crippen molar-refractivity contribution in [3.05, 3.63) is 76.7 Å². The fraction of sp³-hybridized carbons (Fsp3) is 0.500. The molecule has 0 bridgehead atoms. The number of pyridine rings is 1. The van der Waals surface area contributed by atoms with Crippen LogP contribution in [0.1, 0.15) is 73.8 Å². The lowest BCUT2D eigenvalue weighted by molar-refractivity contribution is -0.130. The fourth-order valence-electron chi connectivity index (χ4n) is 10.8. The number of likely N-dealkylation sites (tertiary alicyclic amines) is 2. The Labute approximate surface area is 410 Å². The van der Waals surface area contributed by atoms with E-state index in [2.05, 4.69) is 103 Å². The van der Waals surface area contributed by atoms with Crippen molar-refractivity contribution in [2.75, 3.05) is 86.7 Å². The van der Waals surface area contributed by atoms with E-state index in [0.717, 1.165) is 63.9 Å². The number of aliphatic hydroxyl groups excluding tert-OH is 1. The van der Waals surface area contributed by atoms with Gasteiger partial charge < -0.3 is 41.9 Å². The maximum absolute atomic E-state index is 14.3. The van der Waals surface area contributed by atoms with Gasteiger partial charge in [-0.25, -0.2) is 23.7 Å². The molecule has 9 N–H and O–H groups in total. The van der Waals surface area contributed by atoms with Crippen LogP contribution in [0.3, 0.4) is 0 Å². The number of aliphatic hydroxyl groups is 1. The van der Waals surface area contributed by atoms with Gasteiger partial charge in [0.1, 0.15) is 22.9 Å². The molecule has 8 heterocycles. The standard InChI is InChI=1S/C50H64F2N16O3/c1-29(69)67-16-9-36(10-17-67)59-48-43-42(41(23-56-48)46(51)52)47(63-61-43)55-22-38(71)27-66-14-8-31-6-7-32(20-34(31)25-66)39-5-3-4-33-24-65(15-13-40(33)39)26-35(53)21-54-50-44-45(62-64-50)49(58-28-57-44)60-37-11-18-68(19-12-37)30(2)70/h3-7,20,23,28,35-38,46,71H,8-19,21-22,24-27,53H2,1-2H3,(H,56,59)(H2,54,62,64)(H2,55,61,63)(H,57,58,60)/t35-,38+/m1/s1. The van der Waals surface area contributed by atoms with E-state index in [9.17, 15) is 23.5 Å². The number of nitrogens with two attached hydrogens (primary N) is 1. The summed E-state index contributed by atoms with van der Waals surface area (Å²) in [7, 11) is 0. The molecule has 2 fully saturated rings. The van der Waals surface area contributed by atoms with Gasteiger partial charge in [-0.2, -0.15) is 10.2 Å². The number of piperidine rings is 2. The van der Waals surface area contributed by atoms with Crippen LogP contribution in [0.5, 0.6) is 0 Å². The number of benzene rings is 2. The number of halogens is 2. The smallest absolute Gasteiger partial charge is 0.266 e. The van der Waals surface area contributed by atoms with Gasteiger partial charge in [0.15, 0.2) is 23.3 Å². The first-order valence-electron chi connectivity index (χ1n) is 24.9. The summed E-state index contributed by atoms with van der Waals surface area (Å²) in [6.07, 6.45) is 4.06. The van der Waals surface area contributed by atoms with E-state index in [1.165, 1.54) is 39.6 Å². The van der Waals surface area contributed by atoms with Crippen LogP contribution in [-0.2, 0) is 35.5 Å². The molecule has 4 aliphatic heterocycles. The van der Waals surface area contributed by atoms with Gasteiger partial charge in [-0.3, -0.25) is 29.6 Å². The lowest BCUT2D eigenvalue weighted by Crippen LogP contribution is -2.43. The van der Waals surface area contributed by atoms with Crippen LogP contribution in [0.2, 0.25) is 0 Å². The monoisotopic (exact) mass is 975 g/mol. The molecule has 0 aliphatic carbocycles. The summed E-state index contributed by atoms with van der Waals surface area (Å²) in [6, 6.07) is 13.4. The molecule has 21 heteroatoms. The SMILES string of the molecule is CC(=O)N1CCC(Nc2ncnc3c(NC[C@@H](N)CN4CCc5c(cccc5-c5ccc6c(c5)CN(C[C@@H](O)CNc5n[nH]c7c(NC8CCN(C(C)=O)CC8)ncc(C(F)F)c57)CC6)C4)n[nH]c23)CC1. The third-order valence-corrected chi connectivity index (χ3v) is 14.7. The van der Waals surface area contributed by atoms with Gasteiger partial charge in [0.05, 0.1) is 11.5 Å². The fourth-order valence-corrected chi connectivity index (χ4v) is 10.8. The molecule has 4 aliphatic rings. The molecule has 2 atom stereocenters. The minimum atomic E-state index is -2.77. The van der Waals surface area contributed by atoms with Crippen LogP contribution in [0.25, 0.3) is 33.1 Å². The topological polar surface area (TPSA) is 237 Å². The number of nitrogens with one attached hydrogen (secondary N) is 6. The van der Waals surface area contributed by atoms with E-state index in [-0.39, 0.29) is 53.3 Å². The maximum Gasteiger partial charge on any atom is 0.266 e. The molecule has 2 amide bonds. The quantitative estimate of drug-likeness (QED) is 0.0656. The Hall–Kier alpha value is -6.55. The van der Waals surface area contributed by atoms with E-state index < -0.39 is 12.5 Å². The molecule has 2 aromatic carbocycles. The van der Waals surface area contributed by atoms with Crippen LogP contribution < -0.4 is 27.0 Å². The minimum Gasteiger partial charge on any atom is -0.390 e. The summed E-state index contributed by atoms with van der Waals surface area (Å²) in [5.74, 6) is 2.16. The summed E-state index contributed by atoms with van der Waals surface area (Å²) in [6.45, 7) is 10.8. The highest BCUT2D eigenvalue weighted by molar-refractivity contribution is 5.99. The Balaban J connectivity index is 0.721. The summed E-state index contributed by atoms with van der Waals surface area (Å²) >= 11 is 0. The van der Waals surface area contributed by atoms with Crippen molar-refractivity contribution in [2.45, 2.75) is 96.1 Å². The number of hydrogen-bond acceptors (Lipinski definition) is 15. The lowest BCUT2D eigenvalue weighted by atomic mass is 9.88. The number of fused-ring (bicyclic) bond motifs is 4. The number of hydrogen-bond donors (Lipinski definition) is 8. The highest BCUT2D eigenvalue weighted by Gasteiger charge is 2.28. The maximum atomic E-state index is 14.3. The molecule has 19 nitrogen and oxygen atoms in total. The minimum absolute atomic E-state index is 0.0311. The van der Waals surface area contributed by atoms with Crippen molar-refractivity contribution in [3.8, 4) is 11.1 Å². The predicted molar refractivity (Wildman–Crippen MR) is 269 cm³/mol. The number of aromatic nitrogens is 7. The van der Waals surface area contributed by atoms with Crippen LogP contribution in [0.15, 0.2) is 48.9 Å². The molecule has 2 saturated heterocycles. The number of anilines is 4. The zero-order valence-electron chi connectivity index (χ0n) is 40.4. The van der Waals surface area contributed by atoms with Crippen LogP contribution >= 0.6 is 0 Å². The van der Waals surface area contributed by atoms with E-state index in [0.29, 0.717) is 80.6 Å². The average Bonchev–Trinajstić information content (AvgIpc) is 4.00. The van der Waals surface area contributed by atoms with Gasteiger partial charge in [0.25, 0.3) is 6.43 Å². The molecule has 10 rings (SSSR count). The number of β-amino-alcohol motifs (C(OH)–C–C–N with tert-alkyl or cyclic N) is 1. The van der Waals surface area contributed by atoms with Gasteiger partial charge in [0.2, 0.25) is 11.8 Å². The number of carbonyl (C=O) groups excluding carboxylic acids is 2. The Morgan fingerprint density at radius 2 is 1.39 bits per heavy atom. The Morgan fingerprint density at radius 1 is 0.746 bits per heavy atom. The second-order valence-corrected chi connectivity index (χ2v) is 19.6. The second kappa shape index (κ2) is 21.0. The first-order valence-corrected chi connectivity index (χ1v) is 24.9. The number of rotatable bonds is 16. The number of amides is 2. The van der Waals surface area contributed by atoms with Crippen molar-refractivity contribution in [1.29, 1.82) is 0 Å². The number of aromatic amines is 2. The number of alkyl halides is 2. The van der Waals surface area contributed by atoms with Crippen LogP contribution in [-0.4, -0.2) is 162 Å². The second-order valence-electron chi connectivity index (χ2n) is 19.6. The first kappa shape index (κ1) is 48.1. The van der Waals surface area contributed by atoms with Gasteiger partial charge in [-0.15, -0.1) is 0 Å². The third-order valence-electron chi connectivity index (χ3n) is 14.7. The highest BCUT2D eigenvalue weighted by atomic mass is 19.3. The molecule has 4 aromatic heterocycles. The predicted octanol–water partition coefficient (Wildman–Crippen LogP) is 4.70. The zero-order chi connectivity index (χ0) is 49.2. The van der Waals surface area contributed by atoms with Crippen molar-refractivity contribution < 1.29 is 23.5 Å². The molecule has 0 unspecified atom stereocenters. The summed E-state index contributed by atoms with van der Waals surface area (Å²) in [5, 5.41) is 39.9. The third kappa shape index (κ3) is 10.7. The molecule has 0 saturated carbocycles. The van der Waals surface area contributed by atoms with Crippen molar-refractivity contribution in [2.24, 2.45) is 5.73 Å². The largest absolute Gasteiger partial charge is 0.390 e. The average molecular weight is 975 g/mol. The van der Waals surface area contributed by atoms with Gasteiger partial charge in [0, 0.05) is 122 Å². The Bertz CT molecular complexity index is 2860. The van der Waals surface area contributed by atoms with Gasteiger partial charge in [-0.1, -0.05) is 30.3 Å². The van der Waals surface area contributed by atoms with Gasteiger partial charge >= 0.3 is 0 Å². The summed E-state index contributed by atoms with van der Waals surface area (Å²) in [5.41, 5.74) is 15.9. The lowest BCUT2D eigenvalue weighted by Gasteiger charge is -2.32.